The Morgan fingerprint density at radius 1 is 1.35 bits per heavy atom. The van der Waals surface area contributed by atoms with E-state index in [2.05, 4.69) is 18.7 Å². The highest BCUT2D eigenvalue weighted by molar-refractivity contribution is 5.90. The van der Waals surface area contributed by atoms with Gasteiger partial charge in [0.05, 0.1) is 12.7 Å². The highest BCUT2D eigenvalue weighted by Gasteiger charge is 2.16. The normalized spacial score (nSPS) is 10.6. The van der Waals surface area contributed by atoms with Crippen molar-refractivity contribution in [2.45, 2.75) is 20.4 Å². The zero-order valence-corrected chi connectivity index (χ0v) is 10.6. The fourth-order valence-corrected chi connectivity index (χ4v) is 1.79. The van der Waals surface area contributed by atoms with Crippen molar-refractivity contribution >= 4 is 5.97 Å². The number of nitrogens with zero attached hydrogens (tertiary/aromatic N) is 1. The Bertz CT molecular complexity index is 386. The molecule has 0 aliphatic carbocycles. The Morgan fingerprint density at radius 3 is 2.47 bits per heavy atom. The summed E-state index contributed by atoms with van der Waals surface area (Å²) in [6.45, 7) is 6.47. The number of aromatic carboxylic acids is 1. The molecular weight excluding hydrogens is 218 g/mol. The maximum absolute atomic E-state index is 11.2. The van der Waals surface area contributed by atoms with Gasteiger partial charge in [0.1, 0.15) is 5.75 Å². The number of benzene rings is 1. The van der Waals surface area contributed by atoms with Crippen molar-refractivity contribution in [3.8, 4) is 5.75 Å². The Labute approximate surface area is 102 Å². The van der Waals surface area contributed by atoms with Crippen LogP contribution in [-0.4, -0.2) is 36.2 Å². The molecule has 0 amide bonds. The number of hydrogen-bond donors (Lipinski definition) is 1. The molecule has 0 aromatic heterocycles. The van der Waals surface area contributed by atoms with E-state index in [4.69, 9.17) is 9.84 Å². The molecule has 0 radical (unpaired) electrons. The highest BCUT2D eigenvalue weighted by atomic mass is 16.5. The molecule has 0 aliphatic heterocycles. The lowest BCUT2D eigenvalue weighted by Gasteiger charge is -2.20. The first-order chi connectivity index (χ1) is 8.13. The Morgan fingerprint density at radius 2 is 2.00 bits per heavy atom. The zero-order chi connectivity index (χ0) is 12.8. The van der Waals surface area contributed by atoms with Gasteiger partial charge in [-0.1, -0.05) is 19.9 Å². The molecule has 0 aliphatic rings. The van der Waals surface area contributed by atoms with E-state index in [1.54, 1.807) is 25.3 Å². The molecule has 0 saturated heterocycles. The van der Waals surface area contributed by atoms with Crippen LogP contribution in [0.15, 0.2) is 18.2 Å². The van der Waals surface area contributed by atoms with Gasteiger partial charge in [-0.15, -0.1) is 0 Å². The van der Waals surface area contributed by atoms with E-state index in [0.717, 1.165) is 18.7 Å². The number of carbonyl (C=O) groups is 1. The molecule has 1 aromatic carbocycles. The Kier molecular flexibility index (Phi) is 4.97. The van der Waals surface area contributed by atoms with Crippen molar-refractivity contribution in [3.63, 3.8) is 0 Å². The van der Waals surface area contributed by atoms with E-state index >= 15 is 0 Å². The maximum atomic E-state index is 11.2. The van der Waals surface area contributed by atoms with E-state index in [1.807, 2.05) is 0 Å². The fourth-order valence-electron chi connectivity index (χ4n) is 1.79. The van der Waals surface area contributed by atoms with Crippen molar-refractivity contribution in [2.75, 3.05) is 20.2 Å². The van der Waals surface area contributed by atoms with Crippen LogP contribution < -0.4 is 4.74 Å². The molecule has 1 aromatic rings. The van der Waals surface area contributed by atoms with E-state index < -0.39 is 5.97 Å². The largest absolute Gasteiger partial charge is 0.496 e. The SMILES string of the molecule is CCN(CC)Cc1c(OC)cccc1C(=O)O. The Balaban J connectivity index is 3.12. The van der Waals surface area contributed by atoms with Gasteiger partial charge in [-0.05, 0) is 25.2 Å². The van der Waals surface area contributed by atoms with Crippen molar-refractivity contribution < 1.29 is 14.6 Å². The minimum Gasteiger partial charge on any atom is -0.496 e. The molecule has 0 fully saturated rings. The number of carboxylic acid groups (broad SMARTS) is 1. The molecule has 0 bridgehead atoms. The van der Waals surface area contributed by atoms with Crippen molar-refractivity contribution in [1.82, 2.24) is 4.90 Å². The smallest absolute Gasteiger partial charge is 0.336 e. The number of hydrogen-bond acceptors (Lipinski definition) is 3. The van der Waals surface area contributed by atoms with Crippen LogP contribution in [0.1, 0.15) is 29.8 Å². The number of rotatable bonds is 6. The molecule has 0 saturated carbocycles. The molecule has 1 N–H and O–H groups in total. The molecule has 4 nitrogen and oxygen atoms in total. The number of carboxylic acids is 1. The first kappa shape index (κ1) is 13.5. The van der Waals surface area contributed by atoms with Crippen LogP contribution in [0.4, 0.5) is 0 Å². The van der Waals surface area contributed by atoms with Gasteiger partial charge < -0.3 is 9.84 Å². The fraction of sp³-hybridized carbons (Fsp3) is 0.462. The summed E-state index contributed by atoms with van der Waals surface area (Å²) < 4.78 is 5.24. The van der Waals surface area contributed by atoms with Crippen LogP contribution in [0.5, 0.6) is 5.75 Å². The monoisotopic (exact) mass is 237 g/mol. The van der Waals surface area contributed by atoms with E-state index in [9.17, 15) is 4.79 Å². The van der Waals surface area contributed by atoms with Gasteiger partial charge in [0.25, 0.3) is 0 Å². The lowest BCUT2D eigenvalue weighted by Crippen LogP contribution is -2.23. The molecule has 17 heavy (non-hydrogen) atoms. The Hall–Kier alpha value is -1.55. The molecule has 0 unspecified atom stereocenters. The lowest BCUT2D eigenvalue weighted by atomic mass is 10.1. The van der Waals surface area contributed by atoms with E-state index in [-0.39, 0.29) is 0 Å². The molecule has 1 rings (SSSR count). The van der Waals surface area contributed by atoms with Crippen LogP contribution in [0, 0.1) is 0 Å². The summed E-state index contributed by atoms with van der Waals surface area (Å²) in [5, 5.41) is 9.17. The lowest BCUT2D eigenvalue weighted by molar-refractivity contribution is 0.0694. The average Bonchev–Trinajstić information content (AvgIpc) is 2.35. The van der Waals surface area contributed by atoms with Crippen molar-refractivity contribution in [2.24, 2.45) is 0 Å². The summed E-state index contributed by atoms with van der Waals surface area (Å²) in [6, 6.07) is 5.11. The molecular formula is C13H19NO3. The quantitative estimate of drug-likeness (QED) is 0.824. The van der Waals surface area contributed by atoms with Crippen LogP contribution >= 0.6 is 0 Å². The zero-order valence-electron chi connectivity index (χ0n) is 10.6. The van der Waals surface area contributed by atoms with Gasteiger partial charge in [-0.2, -0.15) is 0 Å². The van der Waals surface area contributed by atoms with Crippen molar-refractivity contribution in [1.29, 1.82) is 0 Å². The van der Waals surface area contributed by atoms with Crippen LogP contribution in [0.25, 0.3) is 0 Å². The van der Waals surface area contributed by atoms with Crippen LogP contribution in [-0.2, 0) is 6.54 Å². The third-order valence-corrected chi connectivity index (χ3v) is 2.86. The third kappa shape index (κ3) is 3.20. The summed E-state index contributed by atoms with van der Waals surface area (Å²) in [4.78, 5) is 13.3. The van der Waals surface area contributed by atoms with E-state index in [0.29, 0.717) is 17.9 Å². The van der Waals surface area contributed by atoms with Gasteiger partial charge in [0, 0.05) is 12.1 Å². The minimum atomic E-state index is -0.911. The minimum absolute atomic E-state index is 0.316. The molecule has 0 spiro atoms. The second-order valence-electron chi connectivity index (χ2n) is 3.75. The van der Waals surface area contributed by atoms with Gasteiger partial charge in [-0.3, -0.25) is 4.90 Å². The first-order valence-electron chi connectivity index (χ1n) is 5.75. The standard InChI is InChI=1S/C13H19NO3/c1-4-14(5-2)9-11-10(13(15)16)7-6-8-12(11)17-3/h6-8H,4-5,9H2,1-3H3,(H,15,16). The summed E-state index contributed by atoms with van der Waals surface area (Å²) in [5.74, 6) is -0.275. The second-order valence-corrected chi connectivity index (χ2v) is 3.75. The number of methoxy groups -OCH3 is 1. The first-order valence-corrected chi connectivity index (χ1v) is 5.75. The molecule has 94 valence electrons. The second kappa shape index (κ2) is 6.25. The van der Waals surface area contributed by atoms with Gasteiger partial charge in [-0.25, -0.2) is 4.79 Å². The average molecular weight is 237 g/mol. The number of ether oxygens (including phenoxy) is 1. The van der Waals surface area contributed by atoms with E-state index in [1.165, 1.54) is 0 Å². The van der Waals surface area contributed by atoms with Crippen LogP contribution in [0.3, 0.4) is 0 Å². The predicted octanol–water partition coefficient (Wildman–Crippen LogP) is 2.24. The topological polar surface area (TPSA) is 49.8 Å². The van der Waals surface area contributed by atoms with Crippen LogP contribution in [0.2, 0.25) is 0 Å². The molecule has 0 heterocycles. The molecule has 0 atom stereocenters. The highest BCUT2D eigenvalue weighted by Crippen LogP contribution is 2.24. The third-order valence-electron chi connectivity index (χ3n) is 2.86. The van der Waals surface area contributed by atoms with Crippen molar-refractivity contribution in [3.05, 3.63) is 29.3 Å². The predicted molar refractivity (Wildman–Crippen MR) is 66.6 cm³/mol. The maximum Gasteiger partial charge on any atom is 0.336 e. The summed E-state index contributed by atoms with van der Waals surface area (Å²) in [6.07, 6.45) is 0. The summed E-state index contributed by atoms with van der Waals surface area (Å²) >= 11 is 0. The molecule has 4 heteroatoms. The van der Waals surface area contributed by atoms with Gasteiger partial charge in [0.2, 0.25) is 0 Å². The van der Waals surface area contributed by atoms with Gasteiger partial charge >= 0.3 is 5.97 Å². The summed E-state index contributed by atoms with van der Waals surface area (Å²) in [7, 11) is 1.56. The van der Waals surface area contributed by atoms with Gasteiger partial charge in [0.15, 0.2) is 0 Å². The summed E-state index contributed by atoms with van der Waals surface area (Å²) in [5.41, 5.74) is 1.06.